The molecule has 1 saturated heterocycles. The van der Waals surface area contributed by atoms with Gasteiger partial charge in [-0.25, -0.2) is 0 Å². The molecule has 0 saturated carbocycles. The molecule has 1 amide bonds. The maximum Gasteiger partial charge on any atom is 0.246 e. The summed E-state index contributed by atoms with van der Waals surface area (Å²) in [5.41, 5.74) is 2.30. The minimum absolute atomic E-state index is 0. The molecule has 31 heavy (non-hydrogen) atoms. The fourth-order valence-electron chi connectivity index (χ4n) is 4.33. The van der Waals surface area contributed by atoms with E-state index in [0.29, 0.717) is 17.9 Å². The van der Waals surface area contributed by atoms with E-state index in [2.05, 4.69) is 40.4 Å². The lowest BCUT2D eigenvalue weighted by molar-refractivity contribution is -0.117. The van der Waals surface area contributed by atoms with E-state index >= 15 is 0 Å². The van der Waals surface area contributed by atoms with E-state index in [0.717, 1.165) is 64.3 Å². The molecule has 1 aromatic carbocycles. The van der Waals surface area contributed by atoms with E-state index in [1.165, 1.54) is 5.56 Å². The molecule has 0 spiro atoms. The second-order valence-corrected chi connectivity index (χ2v) is 8.52. The van der Waals surface area contributed by atoms with Crippen molar-refractivity contribution in [3.8, 4) is 0 Å². The van der Waals surface area contributed by atoms with Crippen LogP contribution in [0.3, 0.4) is 0 Å². The van der Waals surface area contributed by atoms with Crippen LogP contribution in [0.25, 0.3) is 0 Å². The van der Waals surface area contributed by atoms with Crippen LogP contribution >= 0.6 is 24.0 Å². The number of hydrogen-bond donors (Lipinski definition) is 2. The predicted molar refractivity (Wildman–Crippen MR) is 138 cm³/mol. The SMILES string of the molecule is CN=C(NCC(=O)N1CCCc2ccccc21)NCC(CC(C)C)N1CCOCC1.I. The third-order valence-electron chi connectivity index (χ3n) is 5.85. The number of benzene rings is 1. The first kappa shape index (κ1) is 25.9. The Bertz CT molecular complexity index is 722. The van der Waals surface area contributed by atoms with Gasteiger partial charge >= 0.3 is 0 Å². The number of hydrogen-bond acceptors (Lipinski definition) is 4. The van der Waals surface area contributed by atoms with Gasteiger partial charge in [0.05, 0.1) is 19.8 Å². The first-order chi connectivity index (χ1) is 14.6. The number of carbonyl (C=O) groups is 1. The number of guanidine groups is 1. The molecular weight excluding hydrogens is 505 g/mol. The number of amides is 1. The molecule has 2 N–H and O–H groups in total. The number of carbonyl (C=O) groups excluding carboxylic acids is 1. The van der Waals surface area contributed by atoms with Gasteiger partial charge in [0.2, 0.25) is 5.91 Å². The number of nitrogens with zero attached hydrogens (tertiary/aromatic N) is 3. The Hall–Kier alpha value is -1.39. The van der Waals surface area contributed by atoms with Crippen molar-refractivity contribution in [2.75, 3.05) is 57.9 Å². The van der Waals surface area contributed by atoms with Crippen molar-refractivity contribution < 1.29 is 9.53 Å². The van der Waals surface area contributed by atoms with E-state index in [9.17, 15) is 4.79 Å². The van der Waals surface area contributed by atoms with Gasteiger partial charge in [0.1, 0.15) is 0 Å². The molecule has 8 heteroatoms. The molecule has 2 aliphatic rings. The number of fused-ring (bicyclic) bond motifs is 1. The summed E-state index contributed by atoms with van der Waals surface area (Å²) in [6, 6.07) is 8.62. The lowest BCUT2D eigenvalue weighted by Crippen LogP contribution is -2.52. The number of halogens is 1. The number of rotatable bonds is 7. The van der Waals surface area contributed by atoms with E-state index in [-0.39, 0.29) is 36.4 Å². The van der Waals surface area contributed by atoms with Crippen molar-refractivity contribution in [3.63, 3.8) is 0 Å². The highest BCUT2D eigenvalue weighted by molar-refractivity contribution is 14.0. The smallest absolute Gasteiger partial charge is 0.246 e. The summed E-state index contributed by atoms with van der Waals surface area (Å²) in [5, 5.41) is 6.65. The number of nitrogens with one attached hydrogen (secondary N) is 2. The molecule has 1 atom stereocenters. The molecule has 0 aromatic heterocycles. The summed E-state index contributed by atoms with van der Waals surface area (Å²) in [7, 11) is 1.75. The van der Waals surface area contributed by atoms with Gasteiger partial charge in [0, 0.05) is 45.0 Å². The Labute approximate surface area is 204 Å². The van der Waals surface area contributed by atoms with Gasteiger partial charge in [-0.1, -0.05) is 32.0 Å². The number of para-hydroxylation sites is 1. The van der Waals surface area contributed by atoms with Crippen LogP contribution < -0.4 is 15.5 Å². The maximum absolute atomic E-state index is 12.9. The van der Waals surface area contributed by atoms with E-state index in [1.807, 2.05) is 23.1 Å². The Balaban J connectivity index is 0.00000341. The fourth-order valence-corrected chi connectivity index (χ4v) is 4.33. The normalized spacial score (nSPS) is 18.2. The summed E-state index contributed by atoms with van der Waals surface area (Å²) in [4.78, 5) is 21.6. The summed E-state index contributed by atoms with van der Waals surface area (Å²) in [5.74, 6) is 1.38. The Morgan fingerprint density at radius 3 is 2.61 bits per heavy atom. The van der Waals surface area contributed by atoms with Crippen molar-refractivity contribution >= 4 is 41.5 Å². The van der Waals surface area contributed by atoms with Gasteiger partial charge in [-0.3, -0.25) is 14.7 Å². The number of ether oxygens (including phenoxy) is 1. The summed E-state index contributed by atoms with van der Waals surface area (Å²) >= 11 is 0. The van der Waals surface area contributed by atoms with Crippen LogP contribution in [0.4, 0.5) is 5.69 Å². The van der Waals surface area contributed by atoms with Gasteiger partial charge in [-0.2, -0.15) is 0 Å². The second kappa shape index (κ2) is 13.2. The highest BCUT2D eigenvalue weighted by atomic mass is 127. The first-order valence-corrected chi connectivity index (χ1v) is 11.2. The number of aliphatic imine (C=N–C) groups is 1. The zero-order valence-electron chi connectivity index (χ0n) is 19.1. The van der Waals surface area contributed by atoms with Gasteiger partial charge in [0.25, 0.3) is 0 Å². The quantitative estimate of drug-likeness (QED) is 0.314. The van der Waals surface area contributed by atoms with Crippen LogP contribution in [0.2, 0.25) is 0 Å². The molecule has 1 fully saturated rings. The lowest BCUT2D eigenvalue weighted by atomic mass is 10.0. The molecule has 0 aliphatic carbocycles. The zero-order valence-corrected chi connectivity index (χ0v) is 21.4. The standard InChI is InChI=1S/C23H37N5O2.HI/c1-18(2)15-20(27-11-13-30-14-12-27)16-25-23(24-3)26-17-22(29)28-10-6-8-19-7-4-5-9-21(19)28;/h4-5,7,9,18,20H,6,8,10-17H2,1-3H3,(H2,24,25,26);1H. The molecule has 7 nitrogen and oxygen atoms in total. The number of anilines is 1. The molecular formula is C23H38IN5O2. The Morgan fingerprint density at radius 1 is 1.16 bits per heavy atom. The molecule has 174 valence electrons. The van der Waals surface area contributed by atoms with Gasteiger partial charge in [-0.15, -0.1) is 24.0 Å². The summed E-state index contributed by atoms with van der Waals surface area (Å²) in [6.45, 7) is 9.87. The van der Waals surface area contributed by atoms with E-state index in [4.69, 9.17) is 4.74 Å². The topological polar surface area (TPSA) is 69.2 Å². The molecule has 0 bridgehead atoms. The average molecular weight is 543 g/mol. The van der Waals surface area contributed by atoms with Crippen LogP contribution in [-0.2, 0) is 16.0 Å². The molecule has 1 unspecified atom stereocenters. The fraction of sp³-hybridized carbons (Fsp3) is 0.652. The third kappa shape index (κ3) is 7.61. The number of morpholine rings is 1. The highest BCUT2D eigenvalue weighted by Crippen LogP contribution is 2.26. The Morgan fingerprint density at radius 2 is 1.90 bits per heavy atom. The van der Waals surface area contributed by atoms with E-state index in [1.54, 1.807) is 7.05 Å². The van der Waals surface area contributed by atoms with Gasteiger partial charge < -0.3 is 20.3 Å². The van der Waals surface area contributed by atoms with Gasteiger partial charge in [-0.05, 0) is 36.8 Å². The molecule has 1 aromatic rings. The molecule has 2 aliphatic heterocycles. The van der Waals surface area contributed by atoms with Crippen molar-refractivity contribution in [3.05, 3.63) is 29.8 Å². The minimum atomic E-state index is 0. The van der Waals surface area contributed by atoms with Crippen LogP contribution in [0, 0.1) is 5.92 Å². The highest BCUT2D eigenvalue weighted by Gasteiger charge is 2.24. The molecule has 2 heterocycles. The van der Waals surface area contributed by atoms with E-state index < -0.39 is 0 Å². The van der Waals surface area contributed by atoms with Crippen molar-refractivity contribution in [2.24, 2.45) is 10.9 Å². The van der Waals surface area contributed by atoms with Crippen LogP contribution in [0.1, 0.15) is 32.3 Å². The second-order valence-electron chi connectivity index (χ2n) is 8.52. The maximum atomic E-state index is 12.9. The monoisotopic (exact) mass is 543 g/mol. The van der Waals surface area contributed by atoms with Crippen LogP contribution in [-0.4, -0.2) is 75.8 Å². The first-order valence-electron chi connectivity index (χ1n) is 11.2. The molecule has 3 rings (SSSR count). The zero-order chi connectivity index (χ0) is 21.3. The van der Waals surface area contributed by atoms with Crippen molar-refractivity contribution in [2.45, 2.75) is 39.2 Å². The van der Waals surface area contributed by atoms with Crippen LogP contribution in [0.15, 0.2) is 29.3 Å². The third-order valence-corrected chi connectivity index (χ3v) is 5.85. The predicted octanol–water partition coefficient (Wildman–Crippen LogP) is 2.50. The van der Waals surface area contributed by atoms with Crippen molar-refractivity contribution in [1.82, 2.24) is 15.5 Å². The van der Waals surface area contributed by atoms with Crippen molar-refractivity contribution in [1.29, 1.82) is 0 Å². The lowest BCUT2D eigenvalue weighted by Gasteiger charge is -2.35. The largest absolute Gasteiger partial charge is 0.379 e. The van der Waals surface area contributed by atoms with Gasteiger partial charge in [0.15, 0.2) is 5.96 Å². The molecule has 0 radical (unpaired) electrons. The minimum Gasteiger partial charge on any atom is -0.379 e. The van der Waals surface area contributed by atoms with Crippen LogP contribution in [0.5, 0.6) is 0 Å². The number of aryl methyl sites for hydroxylation is 1. The summed E-state index contributed by atoms with van der Waals surface area (Å²) in [6.07, 6.45) is 3.16. The summed E-state index contributed by atoms with van der Waals surface area (Å²) < 4.78 is 5.51. The average Bonchev–Trinajstić information content (AvgIpc) is 2.78. The Kier molecular flexibility index (Phi) is 11.0.